The molecule has 4 nitrogen and oxygen atoms in total. The Hall–Kier alpha value is -1.78. The summed E-state index contributed by atoms with van der Waals surface area (Å²) < 4.78 is 5.19. The van der Waals surface area contributed by atoms with Crippen LogP contribution in [0.4, 0.5) is 0 Å². The predicted octanol–water partition coefficient (Wildman–Crippen LogP) is 5.27. The van der Waals surface area contributed by atoms with Crippen molar-refractivity contribution < 1.29 is 9.21 Å². The lowest BCUT2D eigenvalue weighted by molar-refractivity contribution is 0.0891. The Kier molecular flexibility index (Phi) is 6.61. The zero-order chi connectivity index (χ0) is 20.2. The largest absolute Gasteiger partial charge is 0.459 e. The number of furan rings is 1. The molecule has 0 unspecified atom stereocenters. The van der Waals surface area contributed by atoms with Gasteiger partial charge < -0.3 is 14.6 Å². The van der Waals surface area contributed by atoms with Gasteiger partial charge in [-0.05, 0) is 92.3 Å². The molecule has 0 spiro atoms. The number of fused-ring (bicyclic) bond motifs is 1. The van der Waals surface area contributed by atoms with Crippen molar-refractivity contribution in [3.63, 3.8) is 0 Å². The minimum atomic E-state index is -0.0864. The van der Waals surface area contributed by atoms with Crippen molar-refractivity contribution in [3.05, 3.63) is 58.5 Å². The molecule has 1 amide bonds. The molecule has 156 valence electrons. The molecule has 0 bridgehead atoms. The number of halogens is 1. The van der Waals surface area contributed by atoms with Crippen LogP contribution in [-0.4, -0.2) is 36.5 Å². The average molecular weight is 415 g/mol. The minimum Gasteiger partial charge on any atom is -0.459 e. The van der Waals surface area contributed by atoms with Crippen molar-refractivity contribution in [1.29, 1.82) is 0 Å². The van der Waals surface area contributed by atoms with Crippen LogP contribution in [-0.2, 0) is 6.42 Å². The molecule has 1 aromatic carbocycles. The number of nitrogens with zero attached hydrogens (tertiary/aromatic N) is 1. The summed E-state index contributed by atoms with van der Waals surface area (Å²) in [6, 6.07) is 10.1. The second-order valence-electron chi connectivity index (χ2n) is 8.75. The SMILES string of the molecule is C[C@H]1CN(CCC2CCC(NC(=O)c3ccco3)CC2)CCc2ccc(Cl)cc21. The number of amides is 1. The first kappa shape index (κ1) is 20.5. The standard InChI is InChI=1S/C24H31ClN2O2/c1-17-16-27(13-11-19-6-7-20(25)15-22(17)19)12-10-18-4-8-21(9-5-18)26-24(28)23-3-2-14-29-23/h2-3,6-7,14-15,17-18,21H,4-5,8-13,16H2,1H3,(H,26,28)/t17-,18?,21?/m0/s1. The molecular formula is C24H31ClN2O2. The maximum Gasteiger partial charge on any atom is 0.287 e. The molecule has 2 heterocycles. The molecule has 4 rings (SSSR count). The van der Waals surface area contributed by atoms with Gasteiger partial charge in [0.1, 0.15) is 0 Å². The summed E-state index contributed by atoms with van der Waals surface area (Å²) in [7, 11) is 0. The molecule has 1 saturated carbocycles. The van der Waals surface area contributed by atoms with E-state index in [4.69, 9.17) is 16.0 Å². The molecule has 1 atom stereocenters. The molecule has 29 heavy (non-hydrogen) atoms. The van der Waals surface area contributed by atoms with Crippen molar-refractivity contribution in [3.8, 4) is 0 Å². The molecule has 1 aliphatic heterocycles. The van der Waals surface area contributed by atoms with Crippen molar-refractivity contribution in [1.82, 2.24) is 10.2 Å². The van der Waals surface area contributed by atoms with Gasteiger partial charge in [0.2, 0.25) is 0 Å². The van der Waals surface area contributed by atoms with E-state index in [0.717, 1.165) is 43.3 Å². The summed E-state index contributed by atoms with van der Waals surface area (Å²) >= 11 is 6.22. The number of hydrogen-bond donors (Lipinski definition) is 1. The number of rotatable bonds is 5. The first-order valence-corrected chi connectivity index (χ1v) is 11.3. The highest BCUT2D eigenvalue weighted by Gasteiger charge is 2.25. The fourth-order valence-corrected chi connectivity index (χ4v) is 5.12. The van der Waals surface area contributed by atoms with E-state index in [0.29, 0.717) is 11.7 Å². The lowest BCUT2D eigenvalue weighted by Gasteiger charge is -2.31. The van der Waals surface area contributed by atoms with Gasteiger partial charge in [-0.2, -0.15) is 0 Å². The van der Waals surface area contributed by atoms with Gasteiger partial charge in [0.15, 0.2) is 5.76 Å². The van der Waals surface area contributed by atoms with E-state index in [9.17, 15) is 4.79 Å². The maximum absolute atomic E-state index is 12.1. The van der Waals surface area contributed by atoms with Crippen LogP contribution in [0.25, 0.3) is 0 Å². The van der Waals surface area contributed by atoms with Gasteiger partial charge in [0.05, 0.1) is 6.26 Å². The third-order valence-electron chi connectivity index (χ3n) is 6.65. The molecule has 1 aliphatic carbocycles. The third-order valence-corrected chi connectivity index (χ3v) is 6.88. The van der Waals surface area contributed by atoms with E-state index in [2.05, 4.69) is 29.3 Å². The smallest absolute Gasteiger partial charge is 0.287 e. The summed E-state index contributed by atoms with van der Waals surface area (Å²) in [5.74, 6) is 1.61. The monoisotopic (exact) mass is 414 g/mol. The number of benzene rings is 1. The van der Waals surface area contributed by atoms with Crippen LogP contribution in [0, 0.1) is 5.92 Å². The van der Waals surface area contributed by atoms with Crippen LogP contribution < -0.4 is 5.32 Å². The maximum atomic E-state index is 12.1. The van der Waals surface area contributed by atoms with E-state index in [-0.39, 0.29) is 11.9 Å². The summed E-state index contributed by atoms with van der Waals surface area (Å²) in [6.45, 7) is 5.73. The van der Waals surface area contributed by atoms with Gasteiger partial charge in [0, 0.05) is 24.2 Å². The fourth-order valence-electron chi connectivity index (χ4n) is 4.94. The quantitative estimate of drug-likeness (QED) is 0.724. The zero-order valence-electron chi connectivity index (χ0n) is 17.2. The van der Waals surface area contributed by atoms with E-state index in [1.807, 2.05) is 6.07 Å². The van der Waals surface area contributed by atoms with Crippen LogP contribution in [0.1, 0.15) is 66.6 Å². The molecule has 1 fully saturated rings. The minimum absolute atomic E-state index is 0.0864. The Morgan fingerprint density at radius 3 is 2.83 bits per heavy atom. The zero-order valence-corrected chi connectivity index (χ0v) is 18.0. The lowest BCUT2D eigenvalue weighted by atomic mass is 9.84. The second kappa shape index (κ2) is 9.36. The van der Waals surface area contributed by atoms with E-state index >= 15 is 0 Å². The topological polar surface area (TPSA) is 45.5 Å². The normalized spacial score (nSPS) is 25.2. The Labute approximate surface area is 178 Å². The molecule has 0 radical (unpaired) electrons. The first-order chi connectivity index (χ1) is 14.1. The van der Waals surface area contributed by atoms with Gasteiger partial charge in [-0.25, -0.2) is 0 Å². The van der Waals surface area contributed by atoms with E-state index in [1.54, 1.807) is 18.4 Å². The highest BCUT2D eigenvalue weighted by atomic mass is 35.5. The van der Waals surface area contributed by atoms with Gasteiger partial charge in [-0.15, -0.1) is 0 Å². The van der Waals surface area contributed by atoms with E-state index in [1.165, 1.54) is 36.9 Å². The van der Waals surface area contributed by atoms with Crippen LogP contribution in [0.5, 0.6) is 0 Å². The predicted molar refractivity (Wildman–Crippen MR) is 117 cm³/mol. The number of hydrogen-bond acceptors (Lipinski definition) is 3. The summed E-state index contributed by atoms with van der Waals surface area (Å²) in [5, 5.41) is 3.97. The summed E-state index contributed by atoms with van der Waals surface area (Å²) in [6.07, 6.45) is 8.44. The van der Waals surface area contributed by atoms with Crippen molar-refractivity contribution >= 4 is 17.5 Å². The lowest BCUT2D eigenvalue weighted by Crippen LogP contribution is -2.38. The summed E-state index contributed by atoms with van der Waals surface area (Å²) in [5.41, 5.74) is 2.88. The van der Waals surface area contributed by atoms with Gasteiger partial charge in [0.25, 0.3) is 5.91 Å². The highest BCUT2D eigenvalue weighted by molar-refractivity contribution is 6.30. The number of nitrogens with one attached hydrogen (secondary N) is 1. The van der Waals surface area contributed by atoms with Gasteiger partial charge in [-0.1, -0.05) is 24.6 Å². The van der Waals surface area contributed by atoms with Gasteiger partial charge >= 0.3 is 0 Å². The highest BCUT2D eigenvalue weighted by Crippen LogP contribution is 2.30. The molecule has 2 aromatic rings. The Bertz CT molecular complexity index is 812. The molecule has 1 aromatic heterocycles. The molecule has 2 aliphatic rings. The van der Waals surface area contributed by atoms with Crippen LogP contribution in [0.3, 0.4) is 0 Å². The van der Waals surface area contributed by atoms with E-state index < -0.39 is 0 Å². The van der Waals surface area contributed by atoms with Crippen LogP contribution >= 0.6 is 11.6 Å². The van der Waals surface area contributed by atoms with Crippen LogP contribution in [0.2, 0.25) is 5.02 Å². The van der Waals surface area contributed by atoms with Crippen molar-refractivity contribution in [2.24, 2.45) is 5.92 Å². The molecule has 0 saturated heterocycles. The Morgan fingerprint density at radius 1 is 1.24 bits per heavy atom. The molecular weight excluding hydrogens is 384 g/mol. The van der Waals surface area contributed by atoms with Crippen molar-refractivity contribution in [2.45, 2.75) is 57.4 Å². The first-order valence-electron chi connectivity index (χ1n) is 10.9. The number of carbonyl (C=O) groups excluding carboxylic acids is 1. The van der Waals surface area contributed by atoms with Crippen LogP contribution in [0.15, 0.2) is 41.0 Å². The van der Waals surface area contributed by atoms with Gasteiger partial charge in [-0.3, -0.25) is 4.79 Å². The molecule has 5 heteroatoms. The molecule has 1 N–H and O–H groups in total. The number of carbonyl (C=O) groups is 1. The fraction of sp³-hybridized carbons (Fsp3) is 0.542. The van der Waals surface area contributed by atoms with Crippen molar-refractivity contribution in [2.75, 3.05) is 19.6 Å². The summed E-state index contributed by atoms with van der Waals surface area (Å²) in [4.78, 5) is 14.8. The Morgan fingerprint density at radius 2 is 2.07 bits per heavy atom. The average Bonchev–Trinajstić information content (AvgIpc) is 3.21. The second-order valence-corrected chi connectivity index (χ2v) is 9.19. The third kappa shape index (κ3) is 5.23. The Balaban J connectivity index is 1.21.